The van der Waals surface area contributed by atoms with E-state index in [1.807, 2.05) is 12.1 Å². The maximum Gasteiger partial charge on any atom is 0.132 e. The lowest BCUT2D eigenvalue weighted by atomic mass is 9.99. The molecular weight excluding hydrogens is 180 g/mol. The highest BCUT2D eigenvalue weighted by atomic mass is 32.1. The van der Waals surface area contributed by atoms with E-state index in [-0.39, 0.29) is 0 Å². The number of benzene rings is 1. The predicted octanol–water partition coefficient (Wildman–Crippen LogP) is 1.58. The van der Waals surface area contributed by atoms with Gasteiger partial charge in [0, 0.05) is 12.0 Å². The van der Waals surface area contributed by atoms with Crippen LogP contribution in [0, 0.1) is 6.92 Å². The van der Waals surface area contributed by atoms with Crippen LogP contribution in [0.4, 0.5) is 0 Å². The number of aliphatic imine (C=N–C) groups is 1. The van der Waals surface area contributed by atoms with Crippen LogP contribution in [0.1, 0.15) is 16.7 Å². The smallest absolute Gasteiger partial charge is 0.132 e. The SMILES string of the molecule is Cc1ccc2c(c1)CC(=S)N=C2N. The van der Waals surface area contributed by atoms with E-state index in [2.05, 4.69) is 18.0 Å². The standard InChI is InChI=1S/C10H10N2S/c1-6-2-3-8-7(4-6)5-9(13)12-10(8)11/h2-4H,5H2,1H3,(H2,11,12,13). The third-order valence-corrected chi connectivity index (χ3v) is 2.36. The number of rotatable bonds is 0. The lowest BCUT2D eigenvalue weighted by Gasteiger charge is -2.14. The second kappa shape index (κ2) is 2.92. The summed E-state index contributed by atoms with van der Waals surface area (Å²) in [4.78, 5) is 4.76. The first kappa shape index (κ1) is 8.38. The fourth-order valence-corrected chi connectivity index (χ4v) is 1.77. The van der Waals surface area contributed by atoms with Crippen LogP contribution in [0.15, 0.2) is 23.2 Å². The average molecular weight is 190 g/mol. The van der Waals surface area contributed by atoms with Gasteiger partial charge in [0.25, 0.3) is 0 Å². The minimum absolute atomic E-state index is 0.547. The van der Waals surface area contributed by atoms with Crippen LogP contribution in [0.25, 0.3) is 0 Å². The highest BCUT2D eigenvalue weighted by molar-refractivity contribution is 7.80. The summed E-state index contributed by atoms with van der Waals surface area (Å²) in [6.45, 7) is 2.06. The highest BCUT2D eigenvalue weighted by Crippen LogP contribution is 2.17. The first-order chi connectivity index (χ1) is 6.16. The zero-order valence-corrected chi connectivity index (χ0v) is 8.19. The van der Waals surface area contributed by atoms with Crippen molar-refractivity contribution in [2.24, 2.45) is 10.7 Å². The van der Waals surface area contributed by atoms with Gasteiger partial charge in [0.05, 0.1) is 0 Å². The Labute approximate surface area is 82.5 Å². The van der Waals surface area contributed by atoms with Crippen molar-refractivity contribution in [2.75, 3.05) is 0 Å². The first-order valence-electron chi connectivity index (χ1n) is 4.14. The van der Waals surface area contributed by atoms with E-state index >= 15 is 0 Å². The summed E-state index contributed by atoms with van der Waals surface area (Å²) in [5.74, 6) is 0.547. The number of nitrogens with two attached hydrogens (primary N) is 1. The minimum Gasteiger partial charge on any atom is -0.383 e. The fourth-order valence-electron chi connectivity index (χ4n) is 1.52. The Morgan fingerprint density at radius 2 is 2.23 bits per heavy atom. The molecule has 0 radical (unpaired) electrons. The minimum atomic E-state index is 0.547. The fraction of sp³-hybridized carbons (Fsp3) is 0.200. The van der Waals surface area contributed by atoms with Crippen molar-refractivity contribution in [3.63, 3.8) is 0 Å². The van der Waals surface area contributed by atoms with Crippen molar-refractivity contribution in [3.8, 4) is 0 Å². The van der Waals surface area contributed by atoms with Crippen LogP contribution in [-0.4, -0.2) is 10.8 Å². The second-order valence-corrected chi connectivity index (χ2v) is 3.70. The first-order valence-corrected chi connectivity index (χ1v) is 4.54. The van der Waals surface area contributed by atoms with Crippen LogP contribution < -0.4 is 5.73 Å². The zero-order valence-electron chi connectivity index (χ0n) is 7.37. The second-order valence-electron chi connectivity index (χ2n) is 3.23. The summed E-state index contributed by atoms with van der Waals surface area (Å²) in [5.41, 5.74) is 9.20. The number of nitrogens with zero attached hydrogens (tertiary/aromatic N) is 1. The van der Waals surface area contributed by atoms with E-state index in [9.17, 15) is 0 Å². The zero-order chi connectivity index (χ0) is 9.42. The molecule has 2 N–H and O–H groups in total. The number of hydrogen-bond acceptors (Lipinski definition) is 2. The molecule has 0 saturated heterocycles. The van der Waals surface area contributed by atoms with Crippen molar-refractivity contribution in [1.82, 2.24) is 0 Å². The number of aryl methyl sites for hydroxylation is 1. The Bertz CT molecular complexity index is 407. The molecule has 0 aromatic heterocycles. The molecule has 1 aromatic carbocycles. The lowest BCUT2D eigenvalue weighted by molar-refractivity contribution is 1.24. The van der Waals surface area contributed by atoms with Gasteiger partial charge in [-0.25, -0.2) is 4.99 Å². The monoisotopic (exact) mass is 190 g/mol. The predicted molar refractivity (Wildman–Crippen MR) is 58.2 cm³/mol. The largest absolute Gasteiger partial charge is 0.383 e. The van der Waals surface area contributed by atoms with E-state index in [0.29, 0.717) is 10.8 Å². The summed E-state index contributed by atoms with van der Waals surface area (Å²) in [7, 11) is 0. The Hall–Kier alpha value is -1.22. The number of fused-ring (bicyclic) bond motifs is 1. The summed E-state index contributed by atoms with van der Waals surface area (Å²) < 4.78 is 0. The maximum absolute atomic E-state index is 5.75. The van der Waals surface area contributed by atoms with Crippen molar-refractivity contribution in [2.45, 2.75) is 13.3 Å². The Morgan fingerprint density at radius 1 is 1.46 bits per heavy atom. The van der Waals surface area contributed by atoms with Crippen LogP contribution in [0.5, 0.6) is 0 Å². The van der Waals surface area contributed by atoms with Gasteiger partial charge in [0.15, 0.2) is 0 Å². The quantitative estimate of drug-likeness (QED) is 0.631. The molecule has 0 spiro atoms. The van der Waals surface area contributed by atoms with Gasteiger partial charge in [-0.3, -0.25) is 0 Å². The maximum atomic E-state index is 5.75. The van der Waals surface area contributed by atoms with Gasteiger partial charge in [0.2, 0.25) is 0 Å². The van der Waals surface area contributed by atoms with Crippen molar-refractivity contribution in [1.29, 1.82) is 0 Å². The Morgan fingerprint density at radius 3 is 3.00 bits per heavy atom. The molecule has 0 amide bonds. The third-order valence-electron chi connectivity index (χ3n) is 2.12. The number of amidine groups is 1. The van der Waals surface area contributed by atoms with Crippen LogP contribution in [0.3, 0.4) is 0 Å². The van der Waals surface area contributed by atoms with E-state index in [4.69, 9.17) is 18.0 Å². The summed E-state index contributed by atoms with van der Waals surface area (Å²) >= 11 is 5.03. The number of thiocarbonyl (C=S) groups is 1. The lowest BCUT2D eigenvalue weighted by Crippen LogP contribution is -2.22. The number of hydrogen-bond donors (Lipinski definition) is 1. The molecule has 66 valence electrons. The van der Waals surface area contributed by atoms with Crippen LogP contribution in [0.2, 0.25) is 0 Å². The van der Waals surface area contributed by atoms with Crippen LogP contribution in [-0.2, 0) is 6.42 Å². The van der Waals surface area contributed by atoms with E-state index in [1.165, 1.54) is 11.1 Å². The molecule has 1 heterocycles. The molecule has 1 aliphatic rings. The van der Waals surface area contributed by atoms with E-state index in [1.54, 1.807) is 0 Å². The van der Waals surface area contributed by atoms with Crippen molar-refractivity contribution >= 4 is 23.0 Å². The van der Waals surface area contributed by atoms with Gasteiger partial charge in [-0.15, -0.1) is 0 Å². The molecule has 1 aromatic rings. The highest BCUT2D eigenvalue weighted by Gasteiger charge is 2.13. The molecule has 1 aliphatic heterocycles. The van der Waals surface area contributed by atoms with Gasteiger partial charge in [-0.2, -0.15) is 0 Å². The van der Waals surface area contributed by atoms with E-state index < -0.39 is 0 Å². The molecule has 2 rings (SSSR count). The van der Waals surface area contributed by atoms with Crippen molar-refractivity contribution < 1.29 is 0 Å². The van der Waals surface area contributed by atoms with Crippen LogP contribution >= 0.6 is 12.2 Å². The topological polar surface area (TPSA) is 38.4 Å². The Balaban J connectivity index is 2.60. The Kier molecular flexibility index (Phi) is 1.88. The van der Waals surface area contributed by atoms with Gasteiger partial charge < -0.3 is 5.73 Å². The molecule has 13 heavy (non-hydrogen) atoms. The summed E-state index contributed by atoms with van der Waals surface area (Å²) in [6.07, 6.45) is 0.743. The molecule has 0 saturated carbocycles. The molecule has 0 aliphatic carbocycles. The molecule has 2 nitrogen and oxygen atoms in total. The molecule has 3 heteroatoms. The molecule has 0 atom stereocenters. The van der Waals surface area contributed by atoms with Crippen molar-refractivity contribution in [3.05, 3.63) is 34.9 Å². The van der Waals surface area contributed by atoms with Gasteiger partial charge in [-0.05, 0) is 12.5 Å². The van der Waals surface area contributed by atoms with Gasteiger partial charge >= 0.3 is 0 Å². The molecule has 0 fully saturated rings. The summed E-state index contributed by atoms with van der Waals surface area (Å²) in [5, 5.41) is 0. The van der Waals surface area contributed by atoms with Gasteiger partial charge in [0.1, 0.15) is 10.8 Å². The van der Waals surface area contributed by atoms with E-state index in [0.717, 1.165) is 12.0 Å². The molecular formula is C10H10N2S. The normalized spacial score (nSPS) is 15.2. The third kappa shape index (κ3) is 1.47. The average Bonchev–Trinajstić information content (AvgIpc) is 2.02. The van der Waals surface area contributed by atoms with Gasteiger partial charge in [-0.1, -0.05) is 36.0 Å². The molecule has 0 unspecified atom stereocenters. The molecule has 0 bridgehead atoms. The summed E-state index contributed by atoms with van der Waals surface area (Å²) in [6, 6.07) is 6.16.